The highest BCUT2D eigenvalue weighted by atomic mass is 16.3. The molecule has 3 rings (SSSR count). The van der Waals surface area contributed by atoms with Gasteiger partial charge in [-0.15, -0.1) is 0 Å². The van der Waals surface area contributed by atoms with Crippen LogP contribution in [0.25, 0.3) is 0 Å². The lowest BCUT2D eigenvalue weighted by atomic mass is 10.0. The second-order valence-corrected chi connectivity index (χ2v) is 5.54. The monoisotopic (exact) mass is 246 g/mol. The summed E-state index contributed by atoms with van der Waals surface area (Å²) in [4.78, 5) is 2.56. The summed E-state index contributed by atoms with van der Waals surface area (Å²) in [5, 5.41) is 13.0. The Hall–Kier alpha value is -0.900. The Kier molecular flexibility index (Phi) is 3.64. The van der Waals surface area contributed by atoms with Gasteiger partial charge in [0, 0.05) is 37.8 Å². The van der Waals surface area contributed by atoms with Gasteiger partial charge in [0.15, 0.2) is 0 Å². The van der Waals surface area contributed by atoms with E-state index in [4.69, 9.17) is 0 Å². The average molecular weight is 246 g/mol. The van der Waals surface area contributed by atoms with Crippen molar-refractivity contribution < 1.29 is 5.11 Å². The second-order valence-electron chi connectivity index (χ2n) is 5.54. The van der Waals surface area contributed by atoms with Crippen LogP contribution in [0.5, 0.6) is 0 Å². The lowest BCUT2D eigenvalue weighted by Gasteiger charge is -2.41. The SMILES string of the molecule is OCC[C@@H]1[C@H]2CC[C@@H](CN1Cc1ccccc1)N2. The van der Waals surface area contributed by atoms with Gasteiger partial charge >= 0.3 is 0 Å². The van der Waals surface area contributed by atoms with E-state index in [2.05, 4.69) is 40.5 Å². The van der Waals surface area contributed by atoms with Crippen LogP contribution < -0.4 is 5.32 Å². The quantitative estimate of drug-likeness (QED) is 0.842. The van der Waals surface area contributed by atoms with E-state index in [0.29, 0.717) is 24.7 Å². The molecule has 2 fully saturated rings. The molecule has 0 unspecified atom stereocenters. The van der Waals surface area contributed by atoms with Crippen LogP contribution >= 0.6 is 0 Å². The van der Waals surface area contributed by atoms with Gasteiger partial charge < -0.3 is 10.4 Å². The fraction of sp³-hybridized carbons (Fsp3) is 0.600. The molecule has 0 aliphatic carbocycles. The van der Waals surface area contributed by atoms with Gasteiger partial charge in [-0.2, -0.15) is 0 Å². The van der Waals surface area contributed by atoms with Crippen molar-refractivity contribution in [3.8, 4) is 0 Å². The second kappa shape index (κ2) is 5.39. The van der Waals surface area contributed by atoms with Gasteiger partial charge in [-0.25, -0.2) is 0 Å². The van der Waals surface area contributed by atoms with Crippen LogP contribution in [0.1, 0.15) is 24.8 Å². The third kappa shape index (κ3) is 2.44. The van der Waals surface area contributed by atoms with Crippen molar-refractivity contribution in [1.29, 1.82) is 0 Å². The number of hydrogen-bond acceptors (Lipinski definition) is 3. The average Bonchev–Trinajstić information content (AvgIpc) is 2.79. The van der Waals surface area contributed by atoms with Crippen molar-refractivity contribution >= 4 is 0 Å². The van der Waals surface area contributed by atoms with Crippen LogP contribution in [0.2, 0.25) is 0 Å². The van der Waals surface area contributed by atoms with E-state index in [1.807, 2.05) is 0 Å². The summed E-state index contributed by atoms with van der Waals surface area (Å²) in [5.74, 6) is 0. The zero-order valence-electron chi connectivity index (χ0n) is 10.8. The predicted octanol–water partition coefficient (Wildman–Crippen LogP) is 1.37. The maximum atomic E-state index is 9.27. The van der Waals surface area contributed by atoms with Crippen LogP contribution in [-0.2, 0) is 6.54 Å². The molecule has 0 spiro atoms. The number of fused-ring (bicyclic) bond motifs is 2. The number of likely N-dealkylation sites (tertiary alicyclic amines) is 1. The number of aliphatic hydroxyl groups is 1. The van der Waals surface area contributed by atoms with E-state index in [-0.39, 0.29) is 0 Å². The molecule has 2 saturated heterocycles. The Bertz CT molecular complexity index is 381. The van der Waals surface area contributed by atoms with Crippen LogP contribution in [0.4, 0.5) is 0 Å². The molecule has 2 aliphatic heterocycles. The Morgan fingerprint density at radius 2 is 2.06 bits per heavy atom. The van der Waals surface area contributed by atoms with Gasteiger partial charge in [0.25, 0.3) is 0 Å². The Labute approximate surface area is 109 Å². The van der Waals surface area contributed by atoms with E-state index < -0.39 is 0 Å². The maximum Gasteiger partial charge on any atom is 0.0446 e. The van der Waals surface area contributed by atoms with Crippen molar-refractivity contribution in [2.75, 3.05) is 13.2 Å². The van der Waals surface area contributed by atoms with Gasteiger partial charge in [0.05, 0.1) is 0 Å². The van der Waals surface area contributed by atoms with Gasteiger partial charge in [-0.3, -0.25) is 4.90 Å². The van der Waals surface area contributed by atoms with Gasteiger partial charge in [-0.1, -0.05) is 30.3 Å². The van der Waals surface area contributed by atoms with Gasteiger partial charge in [0.1, 0.15) is 0 Å². The summed E-state index contributed by atoms with van der Waals surface area (Å²) in [7, 11) is 0. The van der Waals surface area contributed by atoms with E-state index in [1.165, 1.54) is 18.4 Å². The zero-order chi connectivity index (χ0) is 12.4. The minimum Gasteiger partial charge on any atom is -0.396 e. The molecule has 2 N–H and O–H groups in total. The minimum atomic E-state index is 0.290. The molecule has 1 aromatic rings. The van der Waals surface area contributed by atoms with Gasteiger partial charge in [0.2, 0.25) is 0 Å². The molecule has 98 valence electrons. The Balaban J connectivity index is 1.72. The molecular formula is C15H22N2O. The van der Waals surface area contributed by atoms with Gasteiger partial charge in [-0.05, 0) is 24.8 Å². The number of piperazine rings is 1. The number of nitrogens with one attached hydrogen (secondary N) is 1. The summed E-state index contributed by atoms with van der Waals surface area (Å²) in [5.41, 5.74) is 1.38. The number of benzene rings is 1. The highest BCUT2D eigenvalue weighted by Crippen LogP contribution is 2.28. The molecule has 1 aromatic carbocycles. The minimum absolute atomic E-state index is 0.290. The molecule has 3 nitrogen and oxygen atoms in total. The molecule has 0 amide bonds. The topological polar surface area (TPSA) is 35.5 Å². The zero-order valence-corrected chi connectivity index (χ0v) is 10.8. The number of rotatable bonds is 4. The standard InChI is InChI=1S/C15H22N2O/c18-9-8-15-14-7-6-13(16-14)11-17(15)10-12-4-2-1-3-5-12/h1-5,13-16,18H,6-11H2/t13-,14+,15+/m0/s1. The number of nitrogens with zero attached hydrogens (tertiary/aromatic N) is 1. The molecule has 18 heavy (non-hydrogen) atoms. The van der Waals surface area contributed by atoms with Crippen molar-refractivity contribution in [3.63, 3.8) is 0 Å². The molecule has 3 heteroatoms. The lowest BCUT2D eigenvalue weighted by Crippen LogP contribution is -2.57. The first kappa shape index (κ1) is 12.2. The molecule has 2 aliphatic rings. The van der Waals surface area contributed by atoms with Crippen LogP contribution in [0.15, 0.2) is 30.3 Å². The summed E-state index contributed by atoms with van der Waals surface area (Å²) >= 11 is 0. The van der Waals surface area contributed by atoms with Crippen molar-refractivity contribution in [3.05, 3.63) is 35.9 Å². The van der Waals surface area contributed by atoms with E-state index in [0.717, 1.165) is 19.5 Å². The Morgan fingerprint density at radius 3 is 2.83 bits per heavy atom. The molecule has 3 atom stereocenters. The lowest BCUT2D eigenvalue weighted by molar-refractivity contribution is 0.0890. The smallest absolute Gasteiger partial charge is 0.0446 e. The molecule has 2 bridgehead atoms. The molecule has 0 aromatic heterocycles. The van der Waals surface area contributed by atoms with Crippen LogP contribution in [0, 0.1) is 0 Å². The van der Waals surface area contributed by atoms with E-state index >= 15 is 0 Å². The van der Waals surface area contributed by atoms with Crippen molar-refractivity contribution in [2.24, 2.45) is 0 Å². The molecule has 0 saturated carbocycles. The fourth-order valence-corrected chi connectivity index (χ4v) is 3.49. The number of hydrogen-bond donors (Lipinski definition) is 2. The van der Waals surface area contributed by atoms with E-state index in [1.54, 1.807) is 0 Å². The largest absolute Gasteiger partial charge is 0.396 e. The Morgan fingerprint density at radius 1 is 1.22 bits per heavy atom. The predicted molar refractivity (Wildman–Crippen MR) is 72.3 cm³/mol. The third-order valence-electron chi connectivity index (χ3n) is 4.32. The summed E-state index contributed by atoms with van der Waals surface area (Å²) in [6, 6.07) is 12.4. The fourth-order valence-electron chi connectivity index (χ4n) is 3.49. The first-order valence-corrected chi connectivity index (χ1v) is 7.01. The number of aliphatic hydroxyl groups excluding tert-OH is 1. The van der Waals surface area contributed by atoms with Crippen LogP contribution in [-0.4, -0.2) is 41.3 Å². The third-order valence-corrected chi connectivity index (χ3v) is 4.32. The van der Waals surface area contributed by atoms with E-state index in [9.17, 15) is 5.11 Å². The van der Waals surface area contributed by atoms with Crippen LogP contribution in [0.3, 0.4) is 0 Å². The summed E-state index contributed by atoms with van der Waals surface area (Å²) in [6.07, 6.45) is 3.44. The molecule has 0 radical (unpaired) electrons. The first-order valence-electron chi connectivity index (χ1n) is 7.01. The highest BCUT2D eigenvalue weighted by molar-refractivity contribution is 5.15. The molecular weight excluding hydrogens is 224 g/mol. The maximum absolute atomic E-state index is 9.27. The van der Waals surface area contributed by atoms with Crippen molar-refractivity contribution in [2.45, 2.75) is 43.9 Å². The summed E-state index contributed by atoms with van der Waals surface area (Å²) < 4.78 is 0. The molecule has 2 heterocycles. The van der Waals surface area contributed by atoms with Crippen molar-refractivity contribution in [1.82, 2.24) is 10.2 Å². The first-order chi connectivity index (χ1) is 8.86. The highest BCUT2D eigenvalue weighted by Gasteiger charge is 2.39. The normalized spacial score (nSPS) is 31.7. The summed E-state index contributed by atoms with van der Waals surface area (Å²) in [6.45, 7) is 2.43.